The number of aromatic hydroxyl groups is 2. The number of methoxy groups -OCH3 is 1. The molecule has 1 aromatic rings. The standard InChI is InChI=1S/C16H22O5/c1-20-11-4-2-9(3-5-11)16-14(19)8-12-13(18)6-10(17)7-15(12)21-16/h6-7,9,11,14,16-19H,2-5,8H2,1H3. The van der Waals surface area contributed by atoms with Crippen molar-refractivity contribution in [2.45, 2.75) is 50.4 Å². The molecule has 1 saturated carbocycles. The number of hydrogen-bond donors (Lipinski definition) is 3. The third-order valence-corrected chi connectivity index (χ3v) is 4.74. The van der Waals surface area contributed by atoms with E-state index in [1.54, 1.807) is 7.11 Å². The minimum atomic E-state index is -0.628. The number of benzene rings is 1. The second-order valence-corrected chi connectivity index (χ2v) is 6.07. The molecule has 1 aliphatic heterocycles. The number of fused-ring (bicyclic) bond motifs is 1. The summed E-state index contributed by atoms with van der Waals surface area (Å²) in [4.78, 5) is 0. The van der Waals surface area contributed by atoms with Crippen LogP contribution in [0.5, 0.6) is 17.2 Å². The normalized spacial score (nSPS) is 32.3. The fourth-order valence-corrected chi connectivity index (χ4v) is 3.54. The van der Waals surface area contributed by atoms with Crippen molar-refractivity contribution in [1.29, 1.82) is 0 Å². The molecule has 0 spiro atoms. The number of ether oxygens (including phenoxy) is 2. The van der Waals surface area contributed by atoms with Gasteiger partial charge >= 0.3 is 0 Å². The Morgan fingerprint density at radius 2 is 1.86 bits per heavy atom. The highest BCUT2D eigenvalue weighted by Crippen LogP contribution is 2.41. The van der Waals surface area contributed by atoms with Crippen LogP contribution in [0, 0.1) is 5.92 Å². The van der Waals surface area contributed by atoms with Gasteiger partial charge in [-0.25, -0.2) is 0 Å². The average molecular weight is 294 g/mol. The highest BCUT2D eigenvalue weighted by Gasteiger charge is 2.38. The summed E-state index contributed by atoms with van der Waals surface area (Å²) >= 11 is 0. The van der Waals surface area contributed by atoms with E-state index in [-0.39, 0.29) is 23.5 Å². The van der Waals surface area contributed by atoms with Crippen molar-refractivity contribution in [1.82, 2.24) is 0 Å². The molecule has 0 saturated heterocycles. The van der Waals surface area contributed by atoms with E-state index >= 15 is 0 Å². The molecule has 0 bridgehead atoms. The molecule has 3 rings (SSSR count). The molecule has 1 aliphatic carbocycles. The topological polar surface area (TPSA) is 79.2 Å². The zero-order chi connectivity index (χ0) is 15.0. The Labute approximate surface area is 124 Å². The van der Waals surface area contributed by atoms with E-state index in [2.05, 4.69) is 0 Å². The van der Waals surface area contributed by atoms with Crippen LogP contribution in [0.3, 0.4) is 0 Å². The second-order valence-electron chi connectivity index (χ2n) is 6.07. The third kappa shape index (κ3) is 2.80. The smallest absolute Gasteiger partial charge is 0.130 e. The monoisotopic (exact) mass is 294 g/mol. The molecule has 1 fully saturated rings. The summed E-state index contributed by atoms with van der Waals surface area (Å²) in [6.07, 6.45) is 3.63. The molecular formula is C16H22O5. The van der Waals surface area contributed by atoms with Crippen molar-refractivity contribution in [3.05, 3.63) is 17.7 Å². The van der Waals surface area contributed by atoms with Crippen LogP contribution in [-0.2, 0) is 11.2 Å². The van der Waals surface area contributed by atoms with Crippen molar-refractivity contribution in [3.8, 4) is 17.2 Å². The van der Waals surface area contributed by atoms with Gasteiger partial charge in [-0.3, -0.25) is 0 Å². The third-order valence-electron chi connectivity index (χ3n) is 4.74. The maximum absolute atomic E-state index is 10.4. The lowest BCUT2D eigenvalue weighted by atomic mass is 9.80. The average Bonchev–Trinajstić information content (AvgIpc) is 2.48. The quantitative estimate of drug-likeness (QED) is 0.777. The predicted molar refractivity (Wildman–Crippen MR) is 76.7 cm³/mol. The Balaban J connectivity index is 1.76. The van der Waals surface area contributed by atoms with Crippen molar-refractivity contribution in [2.24, 2.45) is 5.92 Å². The van der Waals surface area contributed by atoms with Gasteiger partial charge in [-0.05, 0) is 31.6 Å². The minimum Gasteiger partial charge on any atom is -0.508 e. The number of aliphatic hydroxyl groups excluding tert-OH is 1. The predicted octanol–water partition coefficient (Wildman–Crippen LogP) is 1.97. The van der Waals surface area contributed by atoms with Gasteiger partial charge in [0.05, 0.1) is 12.2 Å². The molecule has 21 heavy (non-hydrogen) atoms. The Kier molecular flexibility index (Phi) is 3.95. The lowest BCUT2D eigenvalue weighted by molar-refractivity contribution is -0.0390. The van der Waals surface area contributed by atoms with Gasteiger partial charge in [-0.15, -0.1) is 0 Å². The molecule has 3 N–H and O–H groups in total. The molecule has 0 radical (unpaired) electrons. The first kappa shape index (κ1) is 14.5. The molecule has 0 amide bonds. The molecule has 1 heterocycles. The van der Waals surface area contributed by atoms with Gasteiger partial charge in [0.25, 0.3) is 0 Å². The van der Waals surface area contributed by atoms with E-state index in [1.807, 2.05) is 0 Å². The van der Waals surface area contributed by atoms with E-state index in [0.717, 1.165) is 25.7 Å². The first-order valence-corrected chi connectivity index (χ1v) is 7.51. The van der Waals surface area contributed by atoms with Gasteiger partial charge in [-0.2, -0.15) is 0 Å². The van der Waals surface area contributed by atoms with E-state index in [0.29, 0.717) is 23.8 Å². The molecule has 5 heteroatoms. The van der Waals surface area contributed by atoms with Crippen molar-refractivity contribution in [3.63, 3.8) is 0 Å². The fraction of sp³-hybridized carbons (Fsp3) is 0.625. The summed E-state index contributed by atoms with van der Waals surface area (Å²) in [5.74, 6) is 0.718. The number of aliphatic hydroxyl groups is 1. The van der Waals surface area contributed by atoms with Crippen LogP contribution in [0.4, 0.5) is 0 Å². The highest BCUT2D eigenvalue weighted by atomic mass is 16.5. The van der Waals surface area contributed by atoms with Crippen molar-refractivity contribution >= 4 is 0 Å². The van der Waals surface area contributed by atoms with Gasteiger partial charge < -0.3 is 24.8 Å². The SMILES string of the molecule is COC1CCC(C2Oc3cc(O)cc(O)c3CC2O)CC1. The maximum Gasteiger partial charge on any atom is 0.130 e. The van der Waals surface area contributed by atoms with Crippen LogP contribution in [0.15, 0.2) is 12.1 Å². The molecule has 5 nitrogen and oxygen atoms in total. The lowest BCUT2D eigenvalue weighted by Gasteiger charge is -2.39. The van der Waals surface area contributed by atoms with Crippen molar-refractivity contribution < 1.29 is 24.8 Å². The van der Waals surface area contributed by atoms with Crippen LogP contribution in [0.1, 0.15) is 31.2 Å². The van der Waals surface area contributed by atoms with E-state index in [9.17, 15) is 15.3 Å². The van der Waals surface area contributed by atoms with Gasteiger partial charge in [0.15, 0.2) is 0 Å². The van der Waals surface area contributed by atoms with E-state index in [4.69, 9.17) is 9.47 Å². The summed E-state index contributed by atoms with van der Waals surface area (Å²) in [7, 11) is 1.73. The lowest BCUT2D eigenvalue weighted by Crippen LogP contribution is -2.44. The first-order chi connectivity index (χ1) is 10.1. The summed E-state index contributed by atoms with van der Waals surface area (Å²) in [5, 5.41) is 29.8. The number of rotatable bonds is 2. The largest absolute Gasteiger partial charge is 0.508 e. The summed E-state index contributed by atoms with van der Waals surface area (Å²) in [6, 6.07) is 2.79. The number of phenolic OH excluding ortho intramolecular Hbond substituents is 2. The van der Waals surface area contributed by atoms with Crippen LogP contribution >= 0.6 is 0 Å². The fourth-order valence-electron chi connectivity index (χ4n) is 3.54. The Bertz CT molecular complexity index is 508. The molecule has 2 aliphatic rings. The van der Waals surface area contributed by atoms with Crippen molar-refractivity contribution in [2.75, 3.05) is 7.11 Å². The molecule has 2 unspecified atom stereocenters. The molecule has 116 valence electrons. The number of phenols is 2. The maximum atomic E-state index is 10.4. The van der Waals surface area contributed by atoms with Crippen LogP contribution < -0.4 is 4.74 Å². The molecule has 0 aromatic heterocycles. The zero-order valence-electron chi connectivity index (χ0n) is 12.2. The highest BCUT2D eigenvalue weighted by molar-refractivity contribution is 5.51. The summed E-state index contributed by atoms with van der Waals surface area (Å²) in [5.41, 5.74) is 0.571. The minimum absolute atomic E-state index is 0.0226. The van der Waals surface area contributed by atoms with Crippen LogP contribution in [-0.4, -0.2) is 40.7 Å². The number of hydrogen-bond acceptors (Lipinski definition) is 5. The Morgan fingerprint density at radius 1 is 1.14 bits per heavy atom. The van der Waals surface area contributed by atoms with Crippen LogP contribution in [0.2, 0.25) is 0 Å². The van der Waals surface area contributed by atoms with E-state index in [1.165, 1.54) is 12.1 Å². The Morgan fingerprint density at radius 3 is 2.52 bits per heavy atom. The van der Waals surface area contributed by atoms with Gasteiger partial charge in [0.2, 0.25) is 0 Å². The second kappa shape index (κ2) is 5.73. The van der Waals surface area contributed by atoms with Gasteiger partial charge in [0, 0.05) is 31.2 Å². The summed E-state index contributed by atoms with van der Waals surface area (Å²) in [6.45, 7) is 0. The van der Waals surface area contributed by atoms with E-state index < -0.39 is 6.10 Å². The molecule has 2 atom stereocenters. The molecule has 1 aromatic carbocycles. The first-order valence-electron chi connectivity index (χ1n) is 7.51. The molecular weight excluding hydrogens is 272 g/mol. The van der Waals surface area contributed by atoms with Gasteiger partial charge in [-0.1, -0.05) is 0 Å². The zero-order valence-corrected chi connectivity index (χ0v) is 12.2. The van der Waals surface area contributed by atoms with Crippen LogP contribution in [0.25, 0.3) is 0 Å². The Hall–Kier alpha value is -1.46. The van der Waals surface area contributed by atoms with Gasteiger partial charge in [0.1, 0.15) is 23.4 Å². The summed E-state index contributed by atoms with van der Waals surface area (Å²) < 4.78 is 11.3.